The SMILES string of the molecule is Cc1ccnc(N2CCC(c3cc(C(C)(C)C)cc(C(C)(C)C)c3)c3ccc(Oc4cccc(-n5[c](=[Pt])n(-c6c(-c7ccccc7)cccc6-c6ccccc6)c6ccccc65)c4)cc32)c1. The number of pyridine rings is 1. The molecule has 1 atom stereocenters. The first kappa shape index (κ1) is 43.3. The molecule has 0 saturated heterocycles. The summed E-state index contributed by atoms with van der Waals surface area (Å²) in [5.74, 6) is 2.74. The minimum absolute atomic E-state index is 0.0281. The topological polar surface area (TPSA) is 35.2 Å². The maximum atomic E-state index is 6.91. The molecule has 3 heterocycles. The van der Waals surface area contributed by atoms with Gasteiger partial charge in [-0.15, -0.1) is 0 Å². The second-order valence-electron chi connectivity index (χ2n) is 19.7. The van der Waals surface area contributed by atoms with E-state index in [4.69, 9.17) is 9.72 Å². The molecule has 0 saturated carbocycles. The Bertz CT molecular complexity index is 3210. The first-order chi connectivity index (χ1) is 31.8. The Morgan fingerprint density at radius 2 is 1.17 bits per heavy atom. The fraction of sp³-hybridized carbons (Fsp3) is 0.200. The molecule has 0 spiro atoms. The number of anilines is 2. The molecule has 7 aromatic carbocycles. The summed E-state index contributed by atoms with van der Waals surface area (Å²) < 4.78 is 12.7. The molecule has 0 N–H and O–H groups in total. The third-order valence-corrected chi connectivity index (χ3v) is 14.0. The molecule has 1 aliphatic rings. The number of hydrogen-bond donors (Lipinski definition) is 0. The van der Waals surface area contributed by atoms with Gasteiger partial charge in [-0.05, 0) is 40.5 Å². The average molecular weight is 1040 g/mol. The summed E-state index contributed by atoms with van der Waals surface area (Å²) in [4.78, 5) is 7.27. The zero-order valence-electron chi connectivity index (χ0n) is 38.8. The quantitative estimate of drug-likeness (QED) is 0.152. The zero-order chi connectivity index (χ0) is 45.7. The molecule has 1 unspecified atom stereocenters. The molecule has 0 bridgehead atoms. The third kappa shape index (κ3) is 8.31. The molecular weight excluding hydrogens is 988 g/mol. The van der Waals surface area contributed by atoms with Crippen LogP contribution >= 0.6 is 0 Å². The summed E-state index contributed by atoms with van der Waals surface area (Å²) in [7, 11) is 0. The number of aromatic nitrogens is 3. The van der Waals surface area contributed by atoms with Gasteiger partial charge in [-0.3, -0.25) is 0 Å². The molecule has 0 aliphatic carbocycles. The number of hydrogen-bond acceptors (Lipinski definition) is 3. The van der Waals surface area contributed by atoms with E-state index in [1.54, 1.807) is 0 Å². The summed E-state index contributed by atoms with van der Waals surface area (Å²) in [6.45, 7) is 16.9. The van der Waals surface area contributed by atoms with Crippen LogP contribution in [0.1, 0.15) is 81.7 Å². The Morgan fingerprint density at radius 3 is 1.79 bits per heavy atom. The Kier molecular flexibility index (Phi) is 11.4. The Balaban J connectivity index is 1.08. The maximum absolute atomic E-state index is 6.91. The van der Waals surface area contributed by atoms with Gasteiger partial charge in [0, 0.05) is 6.20 Å². The van der Waals surface area contributed by atoms with Crippen LogP contribution in [0.4, 0.5) is 11.5 Å². The molecular formula is C60H56N4OPt. The number of fused-ring (bicyclic) bond motifs is 2. The van der Waals surface area contributed by atoms with Gasteiger partial charge in [-0.1, -0.05) is 59.7 Å². The van der Waals surface area contributed by atoms with E-state index in [0.29, 0.717) is 0 Å². The van der Waals surface area contributed by atoms with E-state index < -0.39 is 0 Å². The van der Waals surface area contributed by atoms with Crippen molar-refractivity contribution in [1.29, 1.82) is 0 Å². The summed E-state index contributed by atoms with van der Waals surface area (Å²) in [6, 6.07) is 63.5. The summed E-state index contributed by atoms with van der Waals surface area (Å²) in [6.07, 6.45) is 2.90. The van der Waals surface area contributed by atoms with Crippen LogP contribution in [0.15, 0.2) is 182 Å². The monoisotopic (exact) mass is 1040 g/mol. The summed E-state index contributed by atoms with van der Waals surface area (Å²) >= 11 is 2.51. The number of nitrogens with zero attached hydrogens (tertiary/aromatic N) is 4. The van der Waals surface area contributed by atoms with E-state index in [1.165, 1.54) is 50.1 Å². The third-order valence-electron chi connectivity index (χ3n) is 13.0. The van der Waals surface area contributed by atoms with Crippen LogP contribution in [0.25, 0.3) is 44.7 Å². The predicted molar refractivity (Wildman–Crippen MR) is 270 cm³/mol. The number of ether oxygens (including phenoxy) is 1. The van der Waals surface area contributed by atoms with E-state index in [-0.39, 0.29) is 16.7 Å². The number of rotatable bonds is 8. The van der Waals surface area contributed by atoms with Gasteiger partial charge in [0.25, 0.3) is 0 Å². The van der Waals surface area contributed by atoms with Crippen LogP contribution in [0.5, 0.6) is 11.5 Å². The molecule has 66 heavy (non-hydrogen) atoms. The van der Waals surface area contributed by atoms with Crippen LogP contribution in [0.3, 0.4) is 0 Å². The molecule has 6 heteroatoms. The predicted octanol–water partition coefficient (Wildman–Crippen LogP) is 15.6. The van der Waals surface area contributed by atoms with E-state index >= 15 is 0 Å². The van der Waals surface area contributed by atoms with E-state index in [1.807, 2.05) is 6.20 Å². The first-order valence-corrected chi connectivity index (χ1v) is 24.2. The Hall–Kier alpha value is -6.55. The van der Waals surface area contributed by atoms with Crippen molar-refractivity contribution in [2.75, 3.05) is 11.4 Å². The first-order valence-electron chi connectivity index (χ1n) is 23.0. The van der Waals surface area contributed by atoms with Crippen molar-refractivity contribution in [2.45, 2.75) is 71.6 Å². The average Bonchev–Trinajstić information content (AvgIpc) is 3.61. The fourth-order valence-corrected chi connectivity index (χ4v) is 10.6. The van der Waals surface area contributed by atoms with Crippen LogP contribution < -0.4 is 9.64 Å². The van der Waals surface area contributed by atoms with Crippen LogP contribution in [0.2, 0.25) is 0 Å². The van der Waals surface area contributed by atoms with Gasteiger partial charge in [0.1, 0.15) is 0 Å². The van der Waals surface area contributed by atoms with Gasteiger partial charge in [-0.25, -0.2) is 0 Å². The van der Waals surface area contributed by atoms with Crippen LogP contribution in [0, 0.1) is 10.7 Å². The Morgan fingerprint density at radius 1 is 0.576 bits per heavy atom. The molecule has 0 radical (unpaired) electrons. The van der Waals surface area contributed by atoms with Crippen molar-refractivity contribution in [3.8, 4) is 45.1 Å². The molecule has 10 rings (SSSR count). The number of benzene rings is 7. The standard InChI is InChI=1S/C60H56N4O.Pt/c1-41-30-32-61-57(34-41)62-33-31-50(44-35-45(59(2,3)4)37-46(36-44)60(5,6)7)53-29-28-49(39-56(53)62)65-48-23-16-22-47(38-48)63-40-64(55-27-15-14-26-54(55)63)58-51(42-18-10-8-11-19-42)24-17-25-52(58)43-20-12-9-13-21-43;/h8-30,32,34-39,50H,31,33H2,1-7H3;. The second kappa shape index (κ2) is 17.3. The summed E-state index contributed by atoms with van der Waals surface area (Å²) in [5, 5.41) is 0. The fourth-order valence-electron chi connectivity index (χ4n) is 9.50. The number of aryl methyl sites for hydroxylation is 1. The van der Waals surface area contributed by atoms with Crippen molar-refractivity contribution in [2.24, 2.45) is 0 Å². The second-order valence-corrected chi connectivity index (χ2v) is 20.7. The van der Waals surface area contributed by atoms with E-state index in [0.717, 1.165) is 62.2 Å². The van der Waals surface area contributed by atoms with Gasteiger partial charge >= 0.3 is 296 Å². The van der Waals surface area contributed by atoms with E-state index in [2.05, 4.69) is 258 Å². The van der Waals surface area contributed by atoms with Crippen LogP contribution in [-0.2, 0) is 30.2 Å². The molecule has 0 amide bonds. The Labute approximate surface area is 400 Å². The minimum atomic E-state index is 0.0281. The van der Waals surface area contributed by atoms with E-state index in [9.17, 15) is 0 Å². The van der Waals surface area contributed by atoms with Crippen LogP contribution in [-0.4, -0.2) is 20.7 Å². The van der Waals surface area contributed by atoms with Gasteiger partial charge in [0.05, 0.1) is 0 Å². The molecule has 0 fully saturated rings. The van der Waals surface area contributed by atoms with Gasteiger partial charge in [0.2, 0.25) is 0 Å². The van der Waals surface area contributed by atoms with Crippen molar-refractivity contribution in [3.63, 3.8) is 0 Å². The molecule has 5 nitrogen and oxygen atoms in total. The summed E-state index contributed by atoms with van der Waals surface area (Å²) in [5.41, 5.74) is 16.9. The number of imidazole rings is 1. The molecule has 9 aromatic rings. The zero-order valence-corrected chi connectivity index (χ0v) is 41.1. The van der Waals surface area contributed by atoms with Crippen molar-refractivity contribution in [1.82, 2.24) is 14.1 Å². The molecule has 1 aliphatic heterocycles. The van der Waals surface area contributed by atoms with Crippen molar-refractivity contribution in [3.05, 3.63) is 214 Å². The normalized spacial score (nSPS) is 14.1. The van der Waals surface area contributed by atoms with Crippen molar-refractivity contribution >= 4 is 22.5 Å². The number of para-hydroxylation sites is 3. The molecule has 2 aromatic heterocycles. The van der Waals surface area contributed by atoms with Crippen molar-refractivity contribution < 1.29 is 24.1 Å². The molecule has 332 valence electrons. The van der Waals surface area contributed by atoms with Gasteiger partial charge < -0.3 is 0 Å². The van der Waals surface area contributed by atoms with Gasteiger partial charge in [0.15, 0.2) is 0 Å². The van der Waals surface area contributed by atoms with Gasteiger partial charge in [-0.2, -0.15) is 0 Å².